The average molecular weight is 131 g/mol. The molecule has 0 bridgehead atoms. The molecule has 48 valence electrons. The van der Waals surface area contributed by atoms with Gasteiger partial charge in [0, 0.05) is 11.3 Å². The highest BCUT2D eigenvalue weighted by Crippen LogP contribution is 2.08. The van der Waals surface area contributed by atoms with Crippen molar-refractivity contribution < 1.29 is 0 Å². The van der Waals surface area contributed by atoms with Crippen molar-refractivity contribution in [3.8, 4) is 0 Å². The second-order valence-corrected chi connectivity index (χ2v) is 3.42. The molecule has 0 heterocycles. The third-order valence-corrected chi connectivity index (χ3v) is 1.72. The summed E-state index contributed by atoms with van der Waals surface area (Å²) in [5.41, 5.74) is 5.60. The smallest absolute Gasteiger partial charge is 0.0192 e. The van der Waals surface area contributed by atoms with Gasteiger partial charge >= 0.3 is 0 Å². The Balaban J connectivity index is 3.24. The minimum Gasteiger partial charge on any atom is -0.325 e. The first-order chi connectivity index (χ1) is 3.56. The molecule has 0 spiro atoms. The number of hydrogen-bond acceptors (Lipinski definition) is 2. The van der Waals surface area contributed by atoms with Gasteiger partial charge in [-0.25, -0.2) is 0 Å². The Morgan fingerprint density at radius 2 is 2.25 bits per heavy atom. The van der Waals surface area contributed by atoms with Gasteiger partial charge in [-0.2, -0.15) is 0 Å². The van der Waals surface area contributed by atoms with Crippen LogP contribution in [0.25, 0.3) is 0 Å². The second kappa shape index (κ2) is 3.15. The van der Waals surface area contributed by atoms with Crippen LogP contribution in [0.5, 0.6) is 0 Å². The molecule has 0 radical (unpaired) electrons. The molecule has 0 atom stereocenters. The quantitative estimate of drug-likeness (QED) is 0.629. The van der Waals surface area contributed by atoms with Crippen molar-refractivity contribution in [1.29, 1.82) is 0 Å². The highest BCUT2D eigenvalue weighted by atomic mass is 32.2. The van der Waals surface area contributed by atoms with E-state index in [1.165, 1.54) is 0 Å². The maximum atomic E-state index is 5.65. The third-order valence-electron chi connectivity index (χ3n) is 0.573. The van der Waals surface area contributed by atoms with E-state index in [0.29, 0.717) is 0 Å². The standard InChI is InChI=1S/C6H13NS/c1-4-8-5-6(2,3)7/h4H,1,5,7H2,2-3H3. The van der Waals surface area contributed by atoms with Crippen LogP contribution < -0.4 is 5.73 Å². The first-order valence-corrected chi connectivity index (χ1v) is 3.62. The third kappa shape index (κ3) is 6.05. The van der Waals surface area contributed by atoms with Crippen molar-refractivity contribution in [2.45, 2.75) is 19.4 Å². The van der Waals surface area contributed by atoms with Crippen molar-refractivity contribution >= 4 is 11.8 Å². The lowest BCUT2D eigenvalue weighted by Crippen LogP contribution is -2.34. The molecular weight excluding hydrogens is 118 g/mol. The summed E-state index contributed by atoms with van der Waals surface area (Å²) in [6.45, 7) is 7.58. The summed E-state index contributed by atoms with van der Waals surface area (Å²) in [7, 11) is 0. The van der Waals surface area contributed by atoms with E-state index >= 15 is 0 Å². The molecule has 0 aliphatic rings. The number of hydrogen-bond donors (Lipinski definition) is 1. The lowest BCUT2D eigenvalue weighted by molar-refractivity contribution is 0.592. The summed E-state index contributed by atoms with van der Waals surface area (Å²) in [6, 6.07) is 0. The van der Waals surface area contributed by atoms with Gasteiger partial charge in [-0.3, -0.25) is 0 Å². The minimum atomic E-state index is -0.0567. The maximum Gasteiger partial charge on any atom is 0.0192 e. The van der Waals surface area contributed by atoms with Crippen LogP contribution in [0, 0.1) is 0 Å². The predicted molar refractivity (Wildman–Crippen MR) is 40.9 cm³/mol. The van der Waals surface area contributed by atoms with Gasteiger partial charge in [0.15, 0.2) is 0 Å². The number of thioether (sulfide) groups is 1. The number of nitrogens with two attached hydrogens (primary N) is 1. The first kappa shape index (κ1) is 8.05. The van der Waals surface area contributed by atoms with E-state index in [2.05, 4.69) is 6.58 Å². The van der Waals surface area contributed by atoms with Crippen LogP contribution >= 0.6 is 11.8 Å². The summed E-state index contributed by atoms with van der Waals surface area (Å²) >= 11 is 1.65. The van der Waals surface area contributed by atoms with Crippen LogP contribution in [0.2, 0.25) is 0 Å². The molecule has 0 aromatic heterocycles. The largest absolute Gasteiger partial charge is 0.325 e. The molecule has 0 saturated carbocycles. The van der Waals surface area contributed by atoms with Gasteiger partial charge < -0.3 is 5.73 Å². The van der Waals surface area contributed by atoms with Crippen molar-refractivity contribution in [2.75, 3.05) is 5.75 Å². The fourth-order valence-corrected chi connectivity index (χ4v) is 0.821. The Hall–Kier alpha value is 0.0500. The first-order valence-electron chi connectivity index (χ1n) is 2.57. The van der Waals surface area contributed by atoms with Crippen molar-refractivity contribution in [3.05, 3.63) is 12.0 Å². The molecule has 0 fully saturated rings. The summed E-state index contributed by atoms with van der Waals surface area (Å²) in [6.07, 6.45) is 0. The lowest BCUT2D eigenvalue weighted by Gasteiger charge is -2.15. The summed E-state index contributed by atoms with van der Waals surface area (Å²) < 4.78 is 0. The lowest BCUT2D eigenvalue weighted by atomic mass is 10.1. The van der Waals surface area contributed by atoms with Gasteiger partial charge in [-0.05, 0) is 19.3 Å². The fourth-order valence-electron chi connectivity index (χ4n) is 0.274. The van der Waals surface area contributed by atoms with Crippen LogP contribution in [-0.4, -0.2) is 11.3 Å². The van der Waals surface area contributed by atoms with E-state index in [1.807, 2.05) is 19.3 Å². The second-order valence-electron chi connectivity index (χ2n) is 2.47. The Labute approximate surface area is 55.3 Å². The zero-order valence-corrected chi connectivity index (χ0v) is 6.29. The normalized spacial score (nSPS) is 11.4. The van der Waals surface area contributed by atoms with Gasteiger partial charge in [-0.15, -0.1) is 11.8 Å². The van der Waals surface area contributed by atoms with E-state index in [-0.39, 0.29) is 5.54 Å². The topological polar surface area (TPSA) is 26.0 Å². The Bertz CT molecular complexity index is 73.1. The average Bonchev–Trinajstić information content (AvgIpc) is 1.59. The molecule has 1 nitrogen and oxygen atoms in total. The zero-order valence-electron chi connectivity index (χ0n) is 5.48. The molecule has 0 aliphatic heterocycles. The molecule has 0 amide bonds. The molecule has 0 aromatic carbocycles. The minimum absolute atomic E-state index is 0.0567. The van der Waals surface area contributed by atoms with Crippen LogP contribution in [0.4, 0.5) is 0 Å². The van der Waals surface area contributed by atoms with Crippen molar-refractivity contribution in [3.63, 3.8) is 0 Å². The highest BCUT2D eigenvalue weighted by Gasteiger charge is 2.07. The molecule has 2 heteroatoms. The zero-order chi connectivity index (χ0) is 6.62. The van der Waals surface area contributed by atoms with Crippen LogP contribution in [0.15, 0.2) is 12.0 Å². The SMILES string of the molecule is C=CSCC(C)(C)N. The van der Waals surface area contributed by atoms with Gasteiger partial charge in [0.2, 0.25) is 0 Å². The highest BCUT2D eigenvalue weighted by molar-refractivity contribution is 8.02. The molecule has 0 aliphatic carbocycles. The summed E-state index contributed by atoms with van der Waals surface area (Å²) in [5.74, 6) is 0.941. The van der Waals surface area contributed by atoms with E-state index in [0.717, 1.165) is 5.75 Å². The van der Waals surface area contributed by atoms with Gasteiger partial charge in [0.05, 0.1) is 0 Å². The van der Waals surface area contributed by atoms with Crippen LogP contribution in [-0.2, 0) is 0 Å². The van der Waals surface area contributed by atoms with E-state index in [1.54, 1.807) is 11.8 Å². The van der Waals surface area contributed by atoms with Crippen molar-refractivity contribution in [2.24, 2.45) is 5.73 Å². The molecule has 0 aromatic rings. The Morgan fingerprint density at radius 3 is 2.38 bits per heavy atom. The molecule has 0 rings (SSSR count). The van der Waals surface area contributed by atoms with Crippen LogP contribution in [0.1, 0.15) is 13.8 Å². The van der Waals surface area contributed by atoms with Gasteiger partial charge in [-0.1, -0.05) is 6.58 Å². The van der Waals surface area contributed by atoms with Crippen LogP contribution in [0.3, 0.4) is 0 Å². The predicted octanol–water partition coefficient (Wildman–Crippen LogP) is 1.60. The molecule has 0 saturated heterocycles. The molecule has 0 unspecified atom stereocenters. The molecule has 2 N–H and O–H groups in total. The maximum absolute atomic E-state index is 5.65. The number of rotatable bonds is 3. The summed E-state index contributed by atoms with van der Waals surface area (Å²) in [4.78, 5) is 0. The monoisotopic (exact) mass is 131 g/mol. The Morgan fingerprint density at radius 1 is 1.75 bits per heavy atom. The van der Waals surface area contributed by atoms with Gasteiger partial charge in [0.25, 0.3) is 0 Å². The van der Waals surface area contributed by atoms with E-state index in [4.69, 9.17) is 5.73 Å². The fraction of sp³-hybridized carbons (Fsp3) is 0.667. The molecular formula is C6H13NS. The molecule has 8 heavy (non-hydrogen) atoms. The van der Waals surface area contributed by atoms with Crippen molar-refractivity contribution in [1.82, 2.24) is 0 Å². The van der Waals surface area contributed by atoms with E-state index < -0.39 is 0 Å². The van der Waals surface area contributed by atoms with Gasteiger partial charge in [0.1, 0.15) is 0 Å². The Kier molecular flexibility index (Phi) is 3.17. The van der Waals surface area contributed by atoms with E-state index in [9.17, 15) is 0 Å². The summed E-state index contributed by atoms with van der Waals surface area (Å²) in [5, 5.41) is 1.81.